The maximum absolute atomic E-state index is 5.69. The second-order valence-electron chi connectivity index (χ2n) is 5.23. The third kappa shape index (κ3) is 1.71. The Balaban J connectivity index is 1.78. The Labute approximate surface area is 97.4 Å². The predicted octanol–water partition coefficient (Wildman–Crippen LogP) is 2.38. The Morgan fingerprint density at radius 3 is 2.62 bits per heavy atom. The first-order chi connectivity index (χ1) is 7.86. The molecular formula is C14H20N2. The van der Waals surface area contributed by atoms with Crippen LogP contribution in [0, 0.1) is 11.8 Å². The molecule has 1 aromatic carbocycles. The van der Waals surface area contributed by atoms with Crippen molar-refractivity contribution in [1.29, 1.82) is 0 Å². The summed E-state index contributed by atoms with van der Waals surface area (Å²) in [5, 5.41) is 0. The number of rotatable bonds is 2. The van der Waals surface area contributed by atoms with Crippen molar-refractivity contribution in [3.8, 4) is 0 Å². The zero-order valence-electron chi connectivity index (χ0n) is 9.73. The van der Waals surface area contributed by atoms with Crippen LogP contribution in [0.15, 0.2) is 24.3 Å². The van der Waals surface area contributed by atoms with Crippen LogP contribution in [0.4, 0.5) is 5.69 Å². The average molecular weight is 216 g/mol. The maximum atomic E-state index is 5.69. The molecule has 2 unspecified atom stereocenters. The van der Waals surface area contributed by atoms with Crippen LogP contribution < -0.4 is 10.6 Å². The number of hydrogen-bond donors (Lipinski definition) is 1. The summed E-state index contributed by atoms with van der Waals surface area (Å²) in [6.45, 7) is 3.17. The molecule has 2 N–H and O–H groups in total. The molecule has 1 aliphatic heterocycles. The van der Waals surface area contributed by atoms with Crippen molar-refractivity contribution in [2.45, 2.75) is 25.8 Å². The normalized spacial score (nSPS) is 28.4. The topological polar surface area (TPSA) is 29.3 Å². The molecule has 2 heteroatoms. The van der Waals surface area contributed by atoms with E-state index in [1.54, 1.807) is 0 Å². The van der Waals surface area contributed by atoms with Crippen LogP contribution in [0.2, 0.25) is 0 Å². The molecule has 2 nitrogen and oxygen atoms in total. The Morgan fingerprint density at radius 2 is 1.94 bits per heavy atom. The summed E-state index contributed by atoms with van der Waals surface area (Å²) in [4.78, 5) is 2.55. The van der Waals surface area contributed by atoms with Gasteiger partial charge >= 0.3 is 0 Å². The highest BCUT2D eigenvalue weighted by Crippen LogP contribution is 2.39. The van der Waals surface area contributed by atoms with E-state index in [-0.39, 0.29) is 0 Å². The van der Waals surface area contributed by atoms with Gasteiger partial charge in [0.05, 0.1) is 0 Å². The van der Waals surface area contributed by atoms with Gasteiger partial charge in [-0.25, -0.2) is 0 Å². The van der Waals surface area contributed by atoms with Gasteiger partial charge in [0.2, 0.25) is 0 Å². The van der Waals surface area contributed by atoms with E-state index in [1.165, 1.54) is 43.6 Å². The molecule has 0 bridgehead atoms. The largest absolute Gasteiger partial charge is 0.371 e. The van der Waals surface area contributed by atoms with Crippen molar-refractivity contribution in [3.63, 3.8) is 0 Å². The van der Waals surface area contributed by atoms with Gasteiger partial charge in [-0.3, -0.25) is 0 Å². The van der Waals surface area contributed by atoms with Crippen LogP contribution in [-0.2, 0) is 6.54 Å². The van der Waals surface area contributed by atoms with Gasteiger partial charge in [-0.15, -0.1) is 0 Å². The molecule has 1 aliphatic carbocycles. The lowest BCUT2D eigenvalue weighted by atomic mass is 10.0. The van der Waals surface area contributed by atoms with Crippen LogP contribution in [-0.4, -0.2) is 13.1 Å². The predicted molar refractivity (Wildman–Crippen MR) is 67.4 cm³/mol. The summed E-state index contributed by atoms with van der Waals surface area (Å²) in [6, 6.07) is 8.72. The highest BCUT2D eigenvalue weighted by atomic mass is 15.2. The molecule has 1 heterocycles. The summed E-state index contributed by atoms with van der Waals surface area (Å²) in [5.41, 5.74) is 8.31. The van der Waals surface area contributed by atoms with Crippen molar-refractivity contribution >= 4 is 5.69 Å². The molecule has 0 spiro atoms. The number of fused-ring (bicyclic) bond motifs is 1. The molecule has 1 aromatic rings. The van der Waals surface area contributed by atoms with Gasteiger partial charge in [-0.1, -0.05) is 18.6 Å². The standard InChI is InChI=1S/C14H20N2/c15-8-11-3-1-6-14(7-11)16-9-12-4-2-5-13(12)10-16/h1,3,6-7,12-13H,2,4-5,8-10,15H2. The molecule has 2 fully saturated rings. The van der Waals surface area contributed by atoms with E-state index >= 15 is 0 Å². The van der Waals surface area contributed by atoms with E-state index in [2.05, 4.69) is 29.2 Å². The molecule has 16 heavy (non-hydrogen) atoms. The Morgan fingerprint density at radius 1 is 1.19 bits per heavy atom. The van der Waals surface area contributed by atoms with Crippen LogP contribution in [0.25, 0.3) is 0 Å². The van der Waals surface area contributed by atoms with Crippen LogP contribution in [0.3, 0.4) is 0 Å². The van der Waals surface area contributed by atoms with E-state index in [0.29, 0.717) is 6.54 Å². The average Bonchev–Trinajstić information content (AvgIpc) is 2.89. The molecule has 0 radical (unpaired) electrons. The Bertz CT molecular complexity index is 363. The monoisotopic (exact) mass is 216 g/mol. The summed E-state index contributed by atoms with van der Waals surface area (Å²) in [5.74, 6) is 1.92. The molecular weight excluding hydrogens is 196 g/mol. The first kappa shape index (κ1) is 10.2. The Kier molecular flexibility index (Phi) is 2.60. The summed E-state index contributed by atoms with van der Waals surface area (Å²) in [7, 11) is 0. The van der Waals surface area contributed by atoms with Gasteiger partial charge in [0, 0.05) is 25.3 Å². The lowest BCUT2D eigenvalue weighted by molar-refractivity contribution is 0.494. The second kappa shape index (κ2) is 4.10. The van der Waals surface area contributed by atoms with E-state index in [0.717, 1.165) is 11.8 Å². The van der Waals surface area contributed by atoms with E-state index in [4.69, 9.17) is 5.73 Å². The molecule has 86 valence electrons. The zero-order chi connectivity index (χ0) is 11.0. The number of nitrogens with two attached hydrogens (primary N) is 1. The van der Waals surface area contributed by atoms with Crippen molar-refractivity contribution in [2.24, 2.45) is 17.6 Å². The van der Waals surface area contributed by atoms with Gasteiger partial charge in [0.1, 0.15) is 0 Å². The van der Waals surface area contributed by atoms with E-state index < -0.39 is 0 Å². The maximum Gasteiger partial charge on any atom is 0.0369 e. The smallest absolute Gasteiger partial charge is 0.0369 e. The molecule has 0 aromatic heterocycles. The van der Waals surface area contributed by atoms with Gasteiger partial charge in [0.15, 0.2) is 0 Å². The number of benzene rings is 1. The third-order valence-corrected chi connectivity index (χ3v) is 4.24. The van der Waals surface area contributed by atoms with Gasteiger partial charge < -0.3 is 10.6 Å². The summed E-state index contributed by atoms with van der Waals surface area (Å²) < 4.78 is 0. The first-order valence-electron chi connectivity index (χ1n) is 6.41. The van der Waals surface area contributed by atoms with Crippen LogP contribution in [0.5, 0.6) is 0 Å². The summed E-state index contributed by atoms with van der Waals surface area (Å²) >= 11 is 0. The fourth-order valence-electron chi connectivity index (χ4n) is 3.33. The highest BCUT2D eigenvalue weighted by molar-refractivity contribution is 5.49. The number of nitrogens with zero attached hydrogens (tertiary/aromatic N) is 1. The van der Waals surface area contributed by atoms with Crippen molar-refractivity contribution in [1.82, 2.24) is 0 Å². The Hall–Kier alpha value is -1.02. The molecule has 1 saturated heterocycles. The fraction of sp³-hybridized carbons (Fsp3) is 0.571. The fourth-order valence-corrected chi connectivity index (χ4v) is 3.33. The molecule has 2 atom stereocenters. The third-order valence-electron chi connectivity index (χ3n) is 4.24. The SMILES string of the molecule is NCc1cccc(N2CC3CCCC3C2)c1. The van der Waals surface area contributed by atoms with E-state index in [9.17, 15) is 0 Å². The van der Waals surface area contributed by atoms with Gasteiger partial charge in [0.25, 0.3) is 0 Å². The van der Waals surface area contributed by atoms with Crippen molar-refractivity contribution in [2.75, 3.05) is 18.0 Å². The van der Waals surface area contributed by atoms with E-state index in [1.807, 2.05) is 0 Å². The van der Waals surface area contributed by atoms with Crippen LogP contribution >= 0.6 is 0 Å². The zero-order valence-corrected chi connectivity index (χ0v) is 9.73. The lowest BCUT2D eigenvalue weighted by Gasteiger charge is -2.20. The minimum absolute atomic E-state index is 0.647. The molecule has 2 aliphatic rings. The first-order valence-corrected chi connectivity index (χ1v) is 6.41. The number of hydrogen-bond acceptors (Lipinski definition) is 2. The molecule has 0 amide bonds. The summed E-state index contributed by atoms with van der Waals surface area (Å²) in [6.07, 6.45) is 4.33. The van der Waals surface area contributed by atoms with Gasteiger partial charge in [-0.05, 0) is 42.4 Å². The minimum atomic E-state index is 0.647. The van der Waals surface area contributed by atoms with Gasteiger partial charge in [-0.2, -0.15) is 0 Å². The lowest BCUT2D eigenvalue weighted by Crippen LogP contribution is -2.20. The second-order valence-corrected chi connectivity index (χ2v) is 5.23. The van der Waals surface area contributed by atoms with Crippen molar-refractivity contribution < 1.29 is 0 Å². The molecule has 1 saturated carbocycles. The minimum Gasteiger partial charge on any atom is -0.371 e. The quantitative estimate of drug-likeness (QED) is 0.822. The highest BCUT2D eigenvalue weighted by Gasteiger charge is 2.35. The van der Waals surface area contributed by atoms with Crippen molar-refractivity contribution in [3.05, 3.63) is 29.8 Å². The number of anilines is 1. The molecule has 3 rings (SSSR count). The van der Waals surface area contributed by atoms with Crippen LogP contribution in [0.1, 0.15) is 24.8 Å².